The summed E-state index contributed by atoms with van der Waals surface area (Å²) < 4.78 is 32.2. The quantitative estimate of drug-likeness (QED) is 0.863. The van der Waals surface area contributed by atoms with Crippen molar-refractivity contribution in [3.05, 3.63) is 35.2 Å². The van der Waals surface area contributed by atoms with Crippen LogP contribution in [-0.2, 0) is 4.79 Å². The molecule has 1 aromatic heterocycles. The first kappa shape index (κ1) is 18.3. The van der Waals surface area contributed by atoms with Gasteiger partial charge in [-0.05, 0) is 37.1 Å². The molecule has 2 saturated heterocycles. The molecule has 2 aromatic rings. The average molecular weight is 397 g/mol. The van der Waals surface area contributed by atoms with Crippen LogP contribution >= 0.6 is 11.6 Å². The second kappa shape index (κ2) is 7.16. The maximum absolute atomic E-state index is 13.4. The first-order valence-electron chi connectivity index (χ1n) is 8.91. The number of carbonyl (C=O) groups is 1. The highest BCUT2D eigenvalue weighted by Crippen LogP contribution is 2.30. The maximum atomic E-state index is 13.4. The number of halogens is 3. The zero-order valence-corrected chi connectivity index (χ0v) is 15.3. The van der Waals surface area contributed by atoms with Gasteiger partial charge in [-0.25, -0.2) is 8.78 Å². The van der Waals surface area contributed by atoms with E-state index in [1.807, 2.05) is 0 Å². The molecule has 0 radical (unpaired) electrons. The Hall–Kier alpha value is -2.06. The standard InChI is InChI=1S/C18H19ClF2N4O2/c19-13-5-3-11(4-6-13)15-23-16(27-24-15)12-2-1-7-25(9-12)17(26)14-8-18(20,21)10-22-14/h3-6,12,14,22H,1-2,7-10H2. The Labute approximate surface area is 159 Å². The largest absolute Gasteiger partial charge is 0.341 e. The summed E-state index contributed by atoms with van der Waals surface area (Å²) in [4.78, 5) is 18.7. The molecule has 2 aliphatic heterocycles. The van der Waals surface area contributed by atoms with Crippen LogP contribution in [0.4, 0.5) is 8.78 Å². The number of carbonyl (C=O) groups excluding carboxylic acids is 1. The number of aromatic nitrogens is 2. The number of alkyl halides is 2. The highest BCUT2D eigenvalue weighted by Gasteiger charge is 2.44. The van der Waals surface area contributed by atoms with E-state index in [9.17, 15) is 13.6 Å². The Balaban J connectivity index is 1.44. The summed E-state index contributed by atoms with van der Waals surface area (Å²) in [7, 11) is 0. The van der Waals surface area contributed by atoms with E-state index in [1.54, 1.807) is 29.2 Å². The van der Waals surface area contributed by atoms with Crippen LogP contribution in [0.1, 0.15) is 31.1 Å². The number of nitrogens with zero attached hydrogens (tertiary/aromatic N) is 3. The number of hydrogen-bond donors (Lipinski definition) is 1. The molecule has 9 heteroatoms. The van der Waals surface area contributed by atoms with Crippen LogP contribution in [0.15, 0.2) is 28.8 Å². The van der Waals surface area contributed by atoms with Gasteiger partial charge < -0.3 is 9.42 Å². The van der Waals surface area contributed by atoms with Crippen LogP contribution in [0.2, 0.25) is 5.02 Å². The van der Waals surface area contributed by atoms with Crippen molar-refractivity contribution < 1.29 is 18.1 Å². The highest BCUT2D eigenvalue weighted by molar-refractivity contribution is 6.30. The first-order chi connectivity index (χ1) is 12.9. The summed E-state index contributed by atoms with van der Waals surface area (Å²) in [5, 5.41) is 7.26. The Morgan fingerprint density at radius 2 is 2.11 bits per heavy atom. The predicted molar refractivity (Wildman–Crippen MR) is 94.7 cm³/mol. The molecule has 2 aliphatic rings. The molecule has 3 heterocycles. The minimum Gasteiger partial charge on any atom is -0.341 e. The molecule has 0 aliphatic carbocycles. The molecule has 2 atom stereocenters. The Bertz CT molecular complexity index is 827. The second-order valence-corrected chi connectivity index (χ2v) is 7.52. The molecule has 27 heavy (non-hydrogen) atoms. The van der Waals surface area contributed by atoms with Crippen molar-refractivity contribution in [1.29, 1.82) is 0 Å². The molecule has 1 N–H and O–H groups in total. The maximum Gasteiger partial charge on any atom is 0.262 e. The van der Waals surface area contributed by atoms with Crippen molar-refractivity contribution in [2.24, 2.45) is 0 Å². The number of amides is 1. The third-order valence-electron chi connectivity index (χ3n) is 5.03. The molecular weight excluding hydrogens is 378 g/mol. The number of rotatable bonds is 3. The van der Waals surface area contributed by atoms with Crippen molar-refractivity contribution in [2.75, 3.05) is 19.6 Å². The third kappa shape index (κ3) is 3.96. The summed E-state index contributed by atoms with van der Waals surface area (Å²) in [6.45, 7) is 0.497. The van der Waals surface area contributed by atoms with Gasteiger partial charge in [0.25, 0.3) is 5.92 Å². The Kier molecular flexibility index (Phi) is 4.86. The molecule has 2 unspecified atom stereocenters. The van der Waals surface area contributed by atoms with Gasteiger partial charge in [0.1, 0.15) is 0 Å². The third-order valence-corrected chi connectivity index (χ3v) is 5.29. The minimum atomic E-state index is -2.82. The summed E-state index contributed by atoms with van der Waals surface area (Å²) in [6, 6.07) is 6.28. The van der Waals surface area contributed by atoms with E-state index in [1.165, 1.54) is 0 Å². The molecule has 1 aromatic carbocycles. The molecule has 0 spiro atoms. The molecule has 0 saturated carbocycles. The SMILES string of the molecule is O=C(C1CC(F)(F)CN1)N1CCCC(c2nc(-c3ccc(Cl)cc3)no2)C1. The fraction of sp³-hybridized carbons (Fsp3) is 0.500. The van der Waals surface area contributed by atoms with E-state index >= 15 is 0 Å². The molecule has 1 amide bonds. The normalized spacial score (nSPS) is 24.9. The minimum absolute atomic E-state index is 0.0989. The molecule has 6 nitrogen and oxygen atoms in total. The number of piperidine rings is 1. The van der Waals surface area contributed by atoms with Crippen LogP contribution in [0, 0.1) is 0 Å². The zero-order valence-electron chi connectivity index (χ0n) is 14.5. The average Bonchev–Trinajstić information content (AvgIpc) is 3.29. The van der Waals surface area contributed by atoms with Crippen LogP contribution < -0.4 is 5.32 Å². The summed E-state index contributed by atoms with van der Waals surface area (Å²) in [5.74, 6) is -2.29. The van der Waals surface area contributed by atoms with Crippen molar-refractivity contribution in [3.8, 4) is 11.4 Å². The van der Waals surface area contributed by atoms with Crippen LogP contribution in [-0.4, -0.2) is 52.5 Å². The molecular formula is C18H19ClF2N4O2. The van der Waals surface area contributed by atoms with Crippen LogP contribution in [0.3, 0.4) is 0 Å². The predicted octanol–water partition coefficient (Wildman–Crippen LogP) is 3.09. The van der Waals surface area contributed by atoms with Crippen molar-refractivity contribution in [2.45, 2.75) is 37.1 Å². The first-order valence-corrected chi connectivity index (χ1v) is 9.29. The highest BCUT2D eigenvalue weighted by atomic mass is 35.5. The van der Waals surface area contributed by atoms with E-state index in [2.05, 4.69) is 15.5 Å². The van der Waals surface area contributed by atoms with Gasteiger partial charge in [-0.1, -0.05) is 16.8 Å². The van der Waals surface area contributed by atoms with Gasteiger partial charge in [0.15, 0.2) is 0 Å². The van der Waals surface area contributed by atoms with Gasteiger partial charge in [0.2, 0.25) is 17.6 Å². The summed E-state index contributed by atoms with van der Waals surface area (Å²) in [6.07, 6.45) is 1.12. The molecule has 4 rings (SSSR count). The van der Waals surface area contributed by atoms with Gasteiger partial charge >= 0.3 is 0 Å². The lowest BCUT2D eigenvalue weighted by molar-refractivity contribution is -0.135. The van der Waals surface area contributed by atoms with Gasteiger partial charge in [-0.3, -0.25) is 10.1 Å². The number of likely N-dealkylation sites (tertiary alicyclic amines) is 1. The lowest BCUT2D eigenvalue weighted by atomic mass is 9.97. The zero-order chi connectivity index (χ0) is 19.0. The lowest BCUT2D eigenvalue weighted by Crippen LogP contribution is -2.47. The number of hydrogen-bond acceptors (Lipinski definition) is 5. The molecule has 144 valence electrons. The van der Waals surface area contributed by atoms with Crippen LogP contribution in [0.25, 0.3) is 11.4 Å². The van der Waals surface area contributed by atoms with E-state index in [4.69, 9.17) is 16.1 Å². The summed E-state index contributed by atoms with van der Waals surface area (Å²) >= 11 is 5.89. The van der Waals surface area contributed by atoms with E-state index in [-0.39, 0.29) is 11.8 Å². The molecule has 2 fully saturated rings. The van der Waals surface area contributed by atoms with Crippen LogP contribution in [0.5, 0.6) is 0 Å². The second-order valence-electron chi connectivity index (χ2n) is 7.08. The van der Waals surface area contributed by atoms with Crippen molar-refractivity contribution in [1.82, 2.24) is 20.4 Å². The topological polar surface area (TPSA) is 71.3 Å². The van der Waals surface area contributed by atoms with Crippen molar-refractivity contribution in [3.63, 3.8) is 0 Å². The van der Waals surface area contributed by atoms with E-state index in [0.29, 0.717) is 29.8 Å². The fourth-order valence-corrected chi connectivity index (χ4v) is 3.73. The fourth-order valence-electron chi connectivity index (χ4n) is 3.61. The van der Waals surface area contributed by atoms with E-state index < -0.39 is 24.9 Å². The van der Waals surface area contributed by atoms with Gasteiger partial charge in [0, 0.05) is 30.1 Å². The number of benzene rings is 1. The van der Waals surface area contributed by atoms with E-state index in [0.717, 1.165) is 18.4 Å². The van der Waals surface area contributed by atoms with Gasteiger partial charge in [-0.15, -0.1) is 0 Å². The van der Waals surface area contributed by atoms with Crippen molar-refractivity contribution >= 4 is 17.5 Å². The smallest absolute Gasteiger partial charge is 0.262 e. The lowest BCUT2D eigenvalue weighted by Gasteiger charge is -2.32. The molecule has 0 bridgehead atoms. The van der Waals surface area contributed by atoms with Gasteiger partial charge in [0.05, 0.1) is 18.5 Å². The Morgan fingerprint density at radius 3 is 2.81 bits per heavy atom. The Morgan fingerprint density at radius 1 is 1.33 bits per heavy atom. The van der Waals surface area contributed by atoms with Gasteiger partial charge in [-0.2, -0.15) is 4.98 Å². The monoisotopic (exact) mass is 396 g/mol. The summed E-state index contributed by atoms with van der Waals surface area (Å²) in [5.41, 5.74) is 0.788. The number of nitrogens with one attached hydrogen (secondary N) is 1.